The summed E-state index contributed by atoms with van der Waals surface area (Å²) in [5.41, 5.74) is 1.09. The molecule has 0 amide bonds. The molecule has 0 atom stereocenters. The molecule has 3 nitrogen and oxygen atoms in total. The second-order valence-electron chi connectivity index (χ2n) is 2.85. The van der Waals surface area contributed by atoms with E-state index in [-0.39, 0.29) is 23.0 Å². The van der Waals surface area contributed by atoms with Crippen LogP contribution in [0.1, 0.15) is 21.5 Å². The van der Waals surface area contributed by atoms with Crippen LogP contribution in [0.4, 0.5) is 0 Å². The summed E-state index contributed by atoms with van der Waals surface area (Å²) < 4.78 is 0. The number of carbonyl (C=O) groups excluding carboxylic acids is 1. The molecule has 72 valence electrons. The Kier molecular flexibility index (Phi) is 3.10. The van der Waals surface area contributed by atoms with Gasteiger partial charge >= 0.3 is 0 Å². The SMILES string of the molecule is Cc1cc(O)c(C#N)cc1C(=O)CCl. The van der Waals surface area contributed by atoms with E-state index in [0.29, 0.717) is 11.1 Å². The van der Waals surface area contributed by atoms with Crippen molar-refractivity contribution in [2.75, 3.05) is 5.88 Å². The summed E-state index contributed by atoms with van der Waals surface area (Å²) in [6.07, 6.45) is 0. The molecule has 1 aromatic rings. The zero-order valence-electron chi connectivity index (χ0n) is 7.54. The van der Waals surface area contributed by atoms with Crippen molar-refractivity contribution in [3.05, 3.63) is 28.8 Å². The van der Waals surface area contributed by atoms with Gasteiger partial charge < -0.3 is 5.11 Å². The fourth-order valence-corrected chi connectivity index (χ4v) is 1.30. The maximum Gasteiger partial charge on any atom is 0.177 e. The summed E-state index contributed by atoms with van der Waals surface area (Å²) in [5, 5.41) is 17.9. The predicted octanol–water partition coefficient (Wildman–Crippen LogP) is 1.99. The zero-order chi connectivity index (χ0) is 10.7. The van der Waals surface area contributed by atoms with Gasteiger partial charge in [0, 0.05) is 5.56 Å². The van der Waals surface area contributed by atoms with E-state index >= 15 is 0 Å². The van der Waals surface area contributed by atoms with E-state index in [1.165, 1.54) is 12.1 Å². The number of aromatic hydroxyl groups is 1. The van der Waals surface area contributed by atoms with E-state index in [1.807, 2.05) is 0 Å². The highest BCUT2D eigenvalue weighted by molar-refractivity contribution is 6.30. The van der Waals surface area contributed by atoms with E-state index in [2.05, 4.69) is 0 Å². The largest absolute Gasteiger partial charge is 0.507 e. The van der Waals surface area contributed by atoms with Gasteiger partial charge in [-0.05, 0) is 24.6 Å². The third kappa shape index (κ3) is 1.86. The quantitative estimate of drug-likeness (QED) is 0.599. The van der Waals surface area contributed by atoms with Crippen molar-refractivity contribution in [1.82, 2.24) is 0 Å². The molecule has 1 N–H and O–H groups in total. The maximum absolute atomic E-state index is 11.3. The Balaban J connectivity index is 3.33. The molecular formula is C10H8ClNO2. The summed E-state index contributed by atoms with van der Waals surface area (Å²) >= 11 is 5.40. The van der Waals surface area contributed by atoms with Crippen LogP contribution < -0.4 is 0 Å². The number of ketones is 1. The first-order chi connectivity index (χ1) is 6.60. The van der Waals surface area contributed by atoms with Crippen molar-refractivity contribution < 1.29 is 9.90 Å². The Morgan fingerprint density at radius 3 is 2.79 bits per heavy atom. The van der Waals surface area contributed by atoms with Crippen LogP contribution in [0.25, 0.3) is 0 Å². The number of Topliss-reactive ketones (excluding diaryl/α,β-unsaturated/α-hetero) is 1. The van der Waals surface area contributed by atoms with Crippen molar-refractivity contribution in [1.29, 1.82) is 5.26 Å². The monoisotopic (exact) mass is 209 g/mol. The number of phenolic OH excluding ortho intramolecular Hbond substituents is 1. The molecule has 1 rings (SSSR count). The molecule has 14 heavy (non-hydrogen) atoms. The van der Waals surface area contributed by atoms with Crippen LogP contribution in [0.15, 0.2) is 12.1 Å². The summed E-state index contributed by atoms with van der Waals surface area (Å²) in [6, 6.07) is 4.54. The first kappa shape index (κ1) is 10.6. The molecule has 0 heterocycles. The topological polar surface area (TPSA) is 61.1 Å². The summed E-state index contributed by atoms with van der Waals surface area (Å²) in [4.78, 5) is 11.3. The molecule has 0 bridgehead atoms. The lowest BCUT2D eigenvalue weighted by molar-refractivity contribution is 0.102. The van der Waals surface area contributed by atoms with Gasteiger partial charge in [0.05, 0.1) is 11.4 Å². The fourth-order valence-electron chi connectivity index (χ4n) is 1.15. The number of nitrogens with zero attached hydrogens (tertiary/aromatic N) is 1. The highest BCUT2D eigenvalue weighted by Crippen LogP contribution is 2.21. The molecule has 0 aliphatic rings. The number of hydrogen-bond donors (Lipinski definition) is 1. The summed E-state index contributed by atoms with van der Waals surface area (Å²) in [5.74, 6) is -0.493. The second-order valence-corrected chi connectivity index (χ2v) is 3.12. The average molecular weight is 210 g/mol. The lowest BCUT2D eigenvalue weighted by Gasteiger charge is -2.04. The number of alkyl halides is 1. The highest BCUT2D eigenvalue weighted by atomic mass is 35.5. The summed E-state index contributed by atoms with van der Waals surface area (Å²) in [7, 11) is 0. The minimum atomic E-state index is -0.249. The third-order valence-corrected chi connectivity index (χ3v) is 2.13. The van der Waals surface area contributed by atoms with Gasteiger partial charge in [-0.3, -0.25) is 4.79 Å². The van der Waals surface area contributed by atoms with Gasteiger partial charge in [0.1, 0.15) is 11.8 Å². The molecule has 0 aromatic heterocycles. The van der Waals surface area contributed by atoms with E-state index in [0.717, 1.165) is 0 Å². The normalized spacial score (nSPS) is 9.50. The molecule has 0 fully saturated rings. The van der Waals surface area contributed by atoms with Crippen LogP contribution in [0.2, 0.25) is 0 Å². The Morgan fingerprint density at radius 1 is 1.64 bits per heavy atom. The van der Waals surface area contributed by atoms with Gasteiger partial charge in [-0.1, -0.05) is 0 Å². The lowest BCUT2D eigenvalue weighted by atomic mass is 10.0. The van der Waals surface area contributed by atoms with Crippen molar-refractivity contribution in [2.45, 2.75) is 6.92 Å². The number of hydrogen-bond acceptors (Lipinski definition) is 3. The number of nitriles is 1. The van der Waals surface area contributed by atoms with E-state index in [1.54, 1.807) is 13.0 Å². The molecule has 0 unspecified atom stereocenters. The molecule has 1 aromatic carbocycles. The van der Waals surface area contributed by atoms with Gasteiger partial charge in [0.2, 0.25) is 0 Å². The fraction of sp³-hybridized carbons (Fsp3) is 0.200. The number of carbonyl (C=O) groups is 1. The lowest BCUT2D eigenvalue weighted by Crippen LogP contribution is -2.03. The van der Waals surface area contributed by atoms with Gasteiger partial charge in [0.15, 0.2) is 5.78 Å². The van der Waals surface area contributed by atoms with Gasteiger partial charge in [-0.25, -0.2) is 0 Å². The molecule has 0 spiro atoms. The minimum Gasteiger partial charge on any atom is -0.507 e. The number of halogens is 1. The minimum absolute atomic E-state index is 0.0871. The van der Waals surface area contributed by atoms with Crippen LogP contribution >= 0.6 is 11.6 Å². The highest BCUT2D eigenvalue weighted by Gasteiger charge is 2.11. The Labute approximate surface area is 86.5 Å². The van der Waals surface area contributed by atoms with Crippen molar-refractivity contribution in [3.63, 3.8) is 0 Å². The van der Waals surface area contributed by atoms with Crippen molar-refractivity contribution >= 4 is 17.4 Å². The van der Waals surface area contributed by atoms with Crippen LogP contribution in [0.5, 0.6) is 5.75 Å². The van der Waals surface area contributed by atoms with E-state index in [9.17, 15) is 9.90 Å². The number of rotatable bonds is 2. The first-order valence-electron chi connectivity index (χ1n) is 3.93. The van der Waals surface area contributed by atoms with Gasteiger partial charge in [-0.15, -0.1) is 11.6 Å². The standard InChI is InChI=1S/C10H8ClNO2/c1-6-2-9(13)7(5-12)3-8(6)10(14)4-11/h2-3,13H,4H2,1H3. The Bertz CT molecular complexity index is 421. The average Bonchev–Trinajstić information content (AvgIpc) is 2.17. The molecule has 0 saturated carbocycles. The molecular weight excluding hydrogens is 202 g/mol. The number of aryl methyl sites for hydroxylation is 1. The van der Waals surface area contributed by atoms with Crippen molar-refractivity contribution in [3.8, 4) is 11.8 Å². The van der Waals surface area contributed by atoms with Gasteiger partial charge in [-0.2, -0.15) is 5.26 Å². The maximum atomic E-state index is 11.3. The molecule has 0 aliphatic carbocycles. The van der Waals surface area contributed by atoms with Gasteiger partial charge in [0.25, 0.3) is 0 Å². The van der Waals surface area contributed by atoms with E-state index in [4.69, 9.17) is 16.9 Å². The number of benzene rings is 1. The zero-order valence-corrected chi connectivity index (χ0v) is 8.30. The van der Waals surface area contributed by atoms with Crippen LogP contribution in [-0.2, 0) is 0 Å². The Hall–Kier alpha value is -1.53. The molecule has 4 heteroatoms. The molecule has 0 aliphatic heterocycles. The third-order valence-electron chi connectivity index (χ3n) is 1.88. The Morgan fingerprint density at radius 2 is 2.29 bits per heavy atom. The molecule has 0 radical (unpaired) electrons. The predicted molar refractivity (Wildman–Crippen MR) is 52.6 cm³/mol. The van der Waals surface area contributed by atoms with Crippen molar-refractivity contribution in [2.24, 2.45) is 0 Å². The molecule has 0 saturated heterocycles. The second kappa shape index (κ2) is 4.12. The van der Waals surface area contributed by atoms with Crippen LogP contribution in [0, 0.1) is 18.3 Å². The first-order valence-corrected chi connectivity index (χ1v) is 4.46. The van der Waals surface area contributed by atoms with Crippen LogP contribution in [0.3, 0.4) is 0 Å². The summed E-state index contributed by atoms with van der Waals surface area (Å²) in [6.45, 7) is 1.68. The number of phenols is 1. The van der Waals surface area contributed by atoms with Crippen LogP contribution in [-0.4, -0.2) is 16.8 Å². The van der Waals surface area contributed by atoms with E-state index < -0.39 is 0 Å². The smallest absolute Gasteiger partial charge is 0.177 e.